The first-order chi connectivity index (χ1) is 13.9. The molecule has 0 saturated heterocycles. The van der Waals surface area contributed by atoms with E-state index in [1.807, 2.05) is 31.2 Å². The van der Waals surface area contributed by atoms with Gasteiger partial charge >= 0.3 is 0 Å². The number of aromatic nitrogens is 2. The fraction of sp³-hybridized carbons (Fsp3) is 0.217. The van der Waals surface area contributed by atoms with E-state index < -0.39 is 0 Å². The molecule has 29 heavy (non-hydrogen) atoms. The molecule has 4 rings (SSSR count). The van der Waals surface area contributed by atoms with Gasteiger partial charge in [0.05, 0.1) is 11.9 Å². The van der Waals surface area contributed by atoms with Crippen LogP contribution in [0.5, 0.6) is 0 Å². The SMILES string of the molecule is Cc1ccc(-c2c(C)sc3nc(CN[C@H](C)c4cccc(Cl)c4)[nH]c(=O)c23)cc1. The normalized spacial score (nSPS) is 12.4. The third kappa shape index (κ3) is 4.13. The van der Waals surface area contributed by atoms with Gasteiger partial charge in [-0.3, -0.25) is 4.79 Å². The van der Waals surface area contributed by atoms with Gasteiger partial charge in [0.2, 0.25) is 0 Å². The van der Waals surface area contributed by atoms with Gasteiger partial charge in [0.25, 0.3) is 5.56 Å². The second-order valence-electron chi connectivity index (χ2n) is 7.25. The molecule has 0 unspecified atom stereocenters. The zero-order valence-electron chi connectivity index (χ0n) is 16.5. The highest BCUT2D eigenvalue weighted by molar-refractivity contribution is 7.19. The highest BCUT2D eigenvalue weighted by Gasteiger charge is 2.17. The number of hydrogen-bond donors (Lipinski definition) is 2. The molecule has 4 aromatic rings. The Morgan fingerprint density at radius 1 is 1.17 bits per heavy atom. The van der Waals surface area contributed by atoms with Crippen molar-refractivity contribution in [3.63, 3.8) is 0 Å². The summed E-state index contributed by atoms with van der Waals surface area (Å²) in [5.41, 5.74) is 4.22. The number of H-pyrrole nitrogens is 1. The summed E-state index contributed by atoms with van der Waals surface area (Å²) in [4.78, 5) is 22.4. The van der Waals surface area contributed by atoms with Gasteiger partial charge in [-0.05, 0) is 44.0 Å². The van der Waals surface area contributed by atoms with Crippen molar-refractivity contribution in [3.8, 4) is 11.1 Å². The number of nitrogens with one attached hydrogen (secondary N) is 2. The second kappa shape index (κ2) is 8.11. The largest absolute Gasteiger partial charge is 0.309 e. The highest BCUT2D eigenvalue weighted by atomic mass is 35.5. The van der Waals surface area contributed by atoms with E-state index in [2.05, 4.69) is 48.4 Å². The Labute approximate surface area is 178 Å². The molecule has 0 fully saturated rings. The fourth-order valence-corrected chi connectivity index (χ4v) is 4.72. The van der Waals surface area contributed by atoms with Crippen molar-refractivity contribution < 1.29 is 0 Å². The summed E-state index contributed by atoms with van der Waals surface area (Å²) in [6.45, 7) is 6.63. The number of aryl methyl sites for hydroxylation is 2. The van der Waals surface area contributed by atoms with E-state index in [9.17, 15) is 4.79 Å². The van der Waals surface area contributed by atoms with E-state index in [1.165, 1.54) is 5.56 Å². The number of nitrogens with zero attached hydrogens (tertiary/aromatic N) is 1. The predicted octanol–water partition coefficient (Wildman–Crippen LogP) is 5.77. The molecule has 2 heterocycles. The van der Waals surface area contributed by atoms with Crippen molar-refractivity contribution in [3.05, 3.63) is 85.7 Å². The molecule has 0 amide bonds. The standard InChI is InChI=1S/C23H22ClN3OS/c1-13-7-9-16(10-8-13)20-15(3)29-23-21(20)22(28)26-19(27-23)12-25-14(2)17-5-4-6-18(24)11-17/h4-11,14,25H,12H2,1-3H3,(H,26,27,28)/t14-/m1/s1. The molecule has 0 radical (unpaired) electrons. The van der Waals surface area contributed by atoms with Crippen molar-refractivity contribution in [2.45, 2.75) is 33.4 Å². The summed E-state index contributed by atoms with van der Waals surface area (Å²) >= 11 is 7.64. The van der Waals surface area contributed by atoms with E-state index >= 15 is 0 Å². The molecule has 0 spiro atoms. The molecule has 0 saturated carbocycles. The fourth-order valence-electron chi connectivity index (χ4n) is 3.46. The quantitative estimate of drug-likeness (QED) is 0.428. The lowest BCUT2D eigenvalue weighted by atomic mass is 10.0. The number of halogens is 1. The Kier molecular flexibility index (Phi) is 5.54. The zero-order chi connectivity index (χ0) is 20.5. The number of benzene rings is 2. The van der Waals surface area contributed by atoms with E-state index in [0.717, 1.165) is 26.4 Å². The maximum absolute atomic E-state index is 12.9. The van der Waals surface area contributed by atoms with Crippen LogP contribution in [0.4, 0.5) is 0 Å². The van der Waals surface area contributed by atoms with Gasteiger partial charge < -0.3 is 10.3 Å². The summed E-state index contributed by atoms with van der Waals surface area (Å²) < 4.78 is 0. The van der Waals surface area contributed by atoms with Gasteiger partial charge in [-0.2, -0.15) is 0 Å². The second-order valence-corrected chi connectivity index (χ2v) is 8.89. The molecule has 0 aliphatic heterocycles. The van der Waals surface area contributed by atoms with Gasteiger partial charge in [0, 0.05) is 21.5 Å². The molecule has 0 aliphatic carbocycles. The Morgan fingerprint density at radius 2 is 1.93 bits per heavy atom. The van der Waals surface area contributed by atoms with E-state index in [1.54, 1.807) is 11.3 Å². The first kappa shape index (κ1) is 19.8. The maximum atomic E-state index is 12.9. The average molecular weight is 424 g/mol. The summed E-state index contributed by atoms with van der Waals surface area (Å²) in [7, 11) is 0. The van der Waals surface area contributed by atoms with Crippen molar-refractivity contribution in [1.29, 1.82) is 0 Å². The molecular formula is C23H22ClN3OS. The monoisotopic (exact) mass is 423 g/mol. The number of hydrogen-bond acceptors (Lipinski definition) is 4. The van der Waals surface area contributed by atoms with Gasteiger partial charge in [-0.1, -0.05) is 53.6 Å². The van der Waals surface area contributed by atoms with E-state index in [0.29, 0.717) is 22.8 Å². The molecule has 2 N–H and O–H groups in total. The van der Waals surface area contributed by atoms with E-state index in [4.69, 9.17) is 16.6 Å². The molecule has 2 aromatic carbocycles. The lowest BCUT2D eigenvalue weighted by molar-refractivity contribution is 0.560. The summed E-state index contributed by atoms with van der Waals surface area (Å²) in [5, 5.41) is 4.79. The predicted molar refractivity (Wildman–Crippen MR) is 122 cm³/mol. The van der Waals surface area contributed by atoms with Crippen LogP contribution in [0.15, 0.2) is 53.3 Å². The third-order valence-corrected chi connectivity index (χ3v) is 6.29. The molecule has 2 aromatic heterocycles. The van der Waals surface area contributed by atoms with Gasteiger partial charge in [-0.15, -0.1) is 11.3 Å². The molecule has 1 atom stereocenters. The van der Waals surface area contributed by atoms with Crippen LogP contribution < -0.4 is 10.9 Å². The van der Waals surface area contributed by atoms with Crippen molar-refractivity contribution in [2.75, 3.05) is 0 Å². The molecule has 6 heteroatoms. The van der Waals surface area contributed by atoms with Crippen LogP contribution in [-0.4, -0.2) is 9.97 Å². The summed E-state index contributed by atoms with van der Waals surface area (Å²) in [5.74, 6) is 0.632. The molecule has 4 nitrogen and oxygen atoms in total. The Balaban J connectivity index is 1.63. The molecule has 0 aliphatic rings. The Hall–Kier alpha value is -2.47. The average Bonchev–Trinajstić information content (AvgIpc) is 3.03. The number of thiophene rings is 1. The van der Waals surface area contributed by atoms with Crippen LogP contribution >= 0.6 is 22.9 Å². The van der Waals surface area contributed by atoms with Crippen LogP contribution in [0.3, 0.4) is 0 Å². The summed E-state index contributed by atoms with van der Waals surface area (Å²) in [6, 6.07) is 16.1. The third-order valence-electron chi connectivity index (χ3n) is 5.05. The van der Waals surface area contributed by atoms with Crippen molar-refractivity contribution in [2.24, 2.45) is 0 Å². The minimum absolute atomic E-state index is 0.0860. The Bertz CT molecular complexity index is 1230. The minimum Gasteiger partial charge on any atom is -0.309 e. The topological polar surface area (TPSA) is 57.8 Å². The van der Waals surface area contributed by atoms with Crippen LogP contribution in [0, 0.1) is 13.8 Å². The Morgan fingerprint density at radius 3 is 2.66 bits per heavy atom. The van der Waals surface area contributed by atoms with Gasteiger partial charge in [-0.25, -0.2) is 4.98 Å². The lowest BCUT2D eigenvalue weighted by Gasteiger charge is -2.14. The molecule has 148 valence electrons. The highest BCUT2D eigenvalue weighted by Crippen LogP contribution is 2.35. The minimum atomic E-state index is -0.0952. The number of rotatable bonds is 5. The summed E-state index contributed by atoms with van der Waals surface area (Å²) in [6.07, 6.45) is 0. The van der Waals surface area contributed by atoms with Gasteiger partial charge in [0.15, 0.2) is 0 Å². The van der Waals surface area contributed by atoms with E-state index in [-0.39, 0.29) is 11.6 Å². The first-order valence-electron chi connectivity index (χ1n) is 9.50. The first-order valence-corrected chi connectivity index (χ1v) is 10.7. The number of fused-ring (bicyclic) bond motifs is 1. The van der Waals surface area contributed by atoms with Gasteiger partial charge in [0.1, 0.15) is 10.7 Å². The van der Waals surface area contributed by atoms with Crippen LogP contribution in [-0.2, 0) is 6.54 Å². The van der Waals surface area contributed by atoms with Crippen LogP contribution in [0.1, 0.15) is 34.8 Å². The molecule has 0 bridgehead atoms. The van der Waals surface area contributed by atoms with Crippen LogP contribution in [0.2, 0.25) is 5.02 Å². The van der Waals surface area contributed by atoms with Crippen LogP contribution in [0.25, 0.3) is 21.3 Å². The zero-order valence-corrected chi connectivity index (χ0v) is 18.1. The number of aromatic amines is 1. The maximum Gasteiger partial charge on any atom is 0.260 e. The molecular weight excluding hydrogens is 402 g/mol. The van der Waals surface area contributed by atoms with Crippen molar-refractivity contribution >= 4 is 33.2 Å². The van der Waals surface area contributed by atoms with Crippen molar-refractivity contribution in [1.82, 2.24) is 15.3 Å². The smallest absolute Gasteiger partial charge is 0.260 e. The lowest BCUT2D eigenvalue weighted by Crippen LogP contribution is -2.22.